The van der Waals surface area contributed by atoms with Crippen molar-refractivity contribution in [2.24, 2.45) is 11.3 Å². The van der Waals surface area contributed by atoms with Gasteiger partial charge in [0.2, 0.25) is 0 Å². The normalized spacial score (nSPS) is 35.6. The first-order valence-electron chi connectivity index (χ1n) is 7.82. The summed E-state index contributed by atoms with van der Waals surface area (Å²) in [6.45, 7) is 2.98. The number of piperidine rings is 1. The topological polar surface area (TPSA) is 40.5 Å². The molecule has 0 aromatic rings. The van der Waals surface area contributed by atoms with Crippen molar-refractivity contribution in [1.29, 1.82) is 0 Å². The van der Waals surface area contributed by atoms with E-state index in [1.165, 1.54) is 0 Å². The number of carboxylic acids is 1. The van der Waals surface area contributed by atoms with Gasteiger partial charge >= 0.3 is 12.1 Å². The fraction of sp³-hybridized carbons (Fsp3) is 0.933. The minimum Gasteiger partial charge on any atom is -0.481 e. The molecule has 2 fully saturated rings. The van der Waals surface area contributed by atoms with Crippen LogP contribution in [0.1, 0.15) is 51.9 Å². The Hall–Kier alpha value is -0.780. The Morgan fingerprint density at radius 2 is 2.05 bits per heavy atom. The van der Waals surface area contributed by atoms with Crippen LogP contribution in [0.15, 0.2) is 0 Å². The molecule has 3 unspecified atom stereocenters. The molecule has 0 bridgehead atoms. The maximum atomic E-state index is 12.9. The first kappa shape index (κ1) is 16.6. The van der Waals surface area contributed by atoms with Crippen LogP contribution in [0.4, 0.5) is 13.2 Å². The second-order valence-corrected chi connectivity index (χ2v) is 6.57. The maximum absolute atomic E-state index is 12.9. The number of carbonyl (C=O) groups is 1. The summed E-state index contributed by atoms with van der Waals surface area (Å²) in [5.41, 5.74) is -0.774. The van der Waals surface area contributed by atoms with E-state index in [9.17, 15) is 23.1 Å². The second-order valence-electron chi connectivity index (χ2n) is 6.57. The highest BCUT2D eigenvalue weighted by atomic mass is 19.4. The van der Waals surface area contributed by atoms with Gasteiger partial charge in [0, 0.05) is 12.6 Å². The molecule has 1 saturated carbocycles. The van der Waals surface area contributed by atoms with Crippen molar-refractivity contribution >= 4 is 5.97 Å². The lowest BCUT2D eigenvalue weighted by atomic mass is 9.75. The van der Waals surface area contributed by atoms with E-state index in [0.717, 1.165) is 19.4 Å². The van der Waals surface area contributed by atoms with E-state index in [0.29, 0.717) is 25.8 Å². The van der Waals surface area contributed by atoms with Gasteiger partial charge in [-0.05, 0) is 45.1 Å². The molecule has 0 aromatic carbocycles. The van der Waals surface area contributed by atoms with Crippen LogP contribution in [0.2, 0.25) is 0 Å². The van der Waals surface area contributed by atoms with Crippen molar-refractivity contribution in [3.05, 3.63) is 0 Å². The standard InChI is InChI=1S/C15H24F3NO2/c1-2-14(13(20)21)7-4-8-19(10-14)12-6-3-5-11(9-12)15(16,17)18/h11-12H,2-10H2,1H3,(H,20,21). The number of alkyl halides is 3. The third kappa shape index (κ3) is 3.52. The molecule has 0 radical (unpaired) electrons. The van der Waals surface area contributed by atoms with Gasteiger partial charge < -0.3 is 5.11 Å². The molecule has 6 heteroatoms. The zero-order chi connectivity index (χ0) is 15.7. The predicted octanol–water partition coefficient (Wildman–Crippen LogP) is 3.68. The summed E-state index contributed by atoms with van der Waals surface area (Å²) in [7, 11) is 0. The van der Waals surface area contributed by atoms with E-state index < -0.39 is 23.5 Å². The van der Waals surface area contributed by atoms with Crippen molar-refractivity contribution in [3.8, 4) is 0 Å². The quantitative estimate of drug-likeness (QED) is 0.864. The smallest absolute Gasteiger partial charge is 0.391 e. The Morgan fingerprint density at radius 1 is 1.33 bits per heavy atom. The third-order valence-corrected chi connectivity index (χ3v) is 5.36. The molecule has 2 aliphatic rings. The van der Waals surface area contributed by atoms with Crippen LogP contribution in [0.5, 0.6) is 0 Å². The van der Waals surface area contributed by atoms with Crippen molar-refractivity contribution in [2.75, 3.05) is 13.1 Å². The molecule has 0 spiro atoms. The Kier molecular flexibility index (Phi) is 4.85. The van der Waals surface area contributed by atoms with Crippen LogP contribution in [0.25, 0.3) is 0 Å². The van der Waals surface area contributed by atoms with Crippen LogP contribution >= 0.6 is 0 Å². The van der Waals surface area contributed by atoms with Gasteiger partial charge in [0.1, 0.15) is 0 Å². The van der Waals surface area contributed by atoms with Crippen molar-refractivity contribution in [3.63, 3.8) is 0 Å². The average molecular weight is 307 g/mol. The molecule has 1 N–H and O–H groups in total. The summed E-state index contributed by atoms with van der Waals surface area (Å²) in [5.74, 6) is -2.03. The Balaban J connectivity index is 2.05. The lowest BCUT2D eigenvalue weighted by Crippen LogP contribution is -2.52. The average Bonchev–Trinajstić information content (AvgIpc) is 2.46. The van der Waals surface area contributed by atoms with Crippen molar-refractivity contribution in [2.45, 2.75) is 64.1 Å². The van der Waals surface area contributed by atoms with Crippen LogP contribution < -0.4 is 0 Å². The van der Waals surface area contributed by atoms with Crippen LogP contribution in [0.3, 0.4) is 0 Å². The largest absolute Gasteiger partial charge is 0.481 e. The Bertz CT molecular complexity index is 386. The number of halogens is 3. The van der Waals surface area contributed by atoms with Gasteiger partial charge in [-0.15, -0.1) is 0 Å². The van der Waals surface area contributed by atoms with Crippen molar-refractivity contribution in [1.82, 2.24) is 4.90 Å². The van der Waals surface area contributed by atoms with Gasteiger partial charge in [0.25, 0.3) is 0 Å². The number of aliphatic carboxylic acids is 1. The fourth-order valence-electron chi connectivity index (χ4n) is 3.89. The molecule has 1 aliphatic carbocycles. The number of rotatable bonds is 3. The van der Waals surface area contributed by atoms with E-state index >= 15 is 0 Å². The number of nitrogens with zero attached hydrogens (tertiary/aromatic N) is 1. The summed E-state index contributed by atoms with van der Waals surface area (Å²) in [4.78, 5) is 13.6. The summed E-state index contributed by atoms with van der Waals surface area (Å²) < 4.78 is 38.7. The molecule has 3 atom stereocenters. The molecule has 3 nitrogen and oxygen atoms in total. The van der Waals surface area contributed by atoms with Gasteiger partial charge in [-0.25, -0.2) is 0 Å². The highest BCUT2D eigenvalue weighted by Gasteiger charge is 2.46. The number of hydrogen-bond donors (Lipinski definition) is 1. The summed E-state index contributed by atoms with van der Waals surface area (Å²) in [5, 5.41) is 9.48. The second kappa shape index (κ2) is 6.15. The molecular weight excluding hydrogens is 283 g/mol. The minimum absolute atomic E-state index is 0.115. The fourth-order valence-corrected chi connectivity index (χ4v) is 3.89. The maximum Gasteiger partial charge on any atom is 0.391 e. The molecule has 1 heterocycles. The lowest BCUT2D eigenvalue weighted by Gasteiger charge is -2.45. The molecule has 21 heavy (non-hydrogen) atoms. The molecule has 1 saturated heterocycles. The van der Waals surface area contributed by atoms with Crippen LogP contribution in [-0.2, 0) is 4.79 Å². The SMILES string of the molecule is CCC1(C(=O)O)CCCN(C2CCCC(C(F)(F)F)C2)C1. The number of likely N-dealkylation sites (tertiary alicyclic amines) is 1. The first-order chi connectivity index (χ1) is 9.78. The van der Waals surface area contributed by atoms with E-state index in [4.69, 9.17) is 0 Å². The molecule has 0 amide bonds. The summed E-state index contributed by atoms with van der Waals surface area (Å²) >= 11 is 0. The van der Waals surface area contributed by atoms with E-state index in [1.54, 1.807) is 0 Å². The summed E-state index contributed by atoms with van der Waals surface area (Å²) in [6, 6.07) is -0.115. The monoisotopic (exact) mass is 307 g/mol. The minimum atomic E-state index is -4.12. The highest BCUT2D eigenvalue weighted by Crippen LogP contribution is 2.41. The van der Waals surface area contributed by atoms with E-state index in [2.05, 4.69) is 0 Å². The molecule has 1 aliphatic heterocycles. The van der Waals surface area contributed by atoms with Gasteiger partial charge in [0.15, 0.2) is 0 Å². The van der Waals surface area contributed by atoms with Gasteiger partial charge in [-0.2, -0.15) is 13.2 Å². The highest BCUT2D eigenvalue weighted by molar-refractivity contribution is 5.75. The lowest BCUT2D eigenvalue weighted by molar-refractivity contribution is -0.188. The van der Waals surface area contributed by atoms with E-state index in [-0.39, 0.29) is 18.9 Å². The van der Waals surface area contributed by atoms with Gasteiger partial charge in [0.05, 0.1) is 11.3 Å². The van der Waals surface area contributed by atoms with Crippen LogP contribution in [-0.4, -0.2) is 41.3 Å². The molecule has 0 aromatic heterocycles. The van der Waals surface area contributed by atoms with Gasteiger partial charge in [-0.1, -0.05) is 13.3 Å². The number of hydrogen-bond acceptors (Lipinski definition) is 2. The number of carboxylic acid groups (broad SMARTS) is 1. The first-order valence-corrected chi connectivity index (χ1v) is 7.82. The Labute approximate surface area is 123 Å². The molecule has 122 valence electrons. The van der Waals surface area contributed by atoms with Crippen LogP contribution in [0, 0.1) is 11.3 Å². The zero-order valence-corrected chi connectivity index (χ0v) is 12.5. The van der Waals surface area contributed by atoms with E-state index in [1.807, 2.05) is 11.8 Å². The summed E-state index contributed by atoms with van der Waals surface area (Å²) in [6.07, 6.45) is -0.520. The van der Waals surface area contributed by atoms with Crippen molar-refractivity contribution < 1.29 is 23.1 Å². The predicted molar refractivity (Wildman–Crippen MR) is 73.0 cm³/mol. The molecule has 2 rings (SSSR count). The Morgan fingerprint density at radius 3 is 2.62 bits per heavy atom. The third-order valence-electron chi connectivity index (χ3n) is 5.36. The zero-order valence-electron chi connectivity index (χ0n) is 12.5. The van der Waals surface area contributed by atoms with Gasteiger partial charge in [-0.3, -0.25) is 9.69 Å². The molecular formula is C15H24F3NO2.